The van der Waals surface area contributed by atoms with Crippen LogP contribution in [0.15, 0.2) is 0 Å². The first-order valence-corrected chi connectivity index (χ1v) is 9.13. The van der Waals surface area contributed by atoms with Crippen LogP contribution in [0.4, 0.5) is 0 Å². The summed E-state index contributed by atoms with van der Waals surface area (Å²) < 4.78 is 0. The van der Waals surface area contributed by atoms with Gasteiger partial charge in [-0.25, -0.2) is 4.79 Å². The van der Waals surface area contributed by atoms with E-state index in [9.17, 15) is 4.79 Å². The Morgan fingerprint density at radius 3 is 1.71 bits per heavy atom. The summed E-state index contributed by atoms with van der Waals surface area (Å²) in [6, 6.07) is 0. The molecule has 0 aliphatic heterocycles. The lowest BCUT2D eigenvalue weighted by molar-refractivity contribution is -0.272. The molecule has 3 heteroatoms. The molecule has 0 aliphatic rings. The van der Waals surface area contributed by atoms with Crippen molar-refractivity contribution in [3.05, 3.63) is 0 Å². The second kappa shape index (κ2) is 17.5. The first kappa shape index (κ1) is 20.4. The third-order valence-corrected chi connectivity index (χ3v) is 3.72. The van der Waals surface area contributed by atoms with Crippen LogP contribution in [-0.4, -0.2) is 12.6 Å². The first-order valence-electron chi connectivity index (χ1n) is 9.13. The van der Waals surface area contributed by atoms with Gasteiger partial charge in [-0.2, -0.15) is 4.89 Å². The molecule has 3 nitrogen and oxygen atoms in total. The Hall–Kier alpha value is -0.570. The summed E-state index contributed by atoms with van der Waals surface area (Å²) in [7, 11) is 0. The molecule has 0 saturated heterocycles. The van der Waals surface area contributed by atoms with Crippen molar-refractivity contribution in [1.29, 1.82) is 0 Å². The van der Waals surface area contributed by atoms with Gasteiger partial charge in [-0.3, -0.25) is 4.89 Å². The molecule has 0 fully saturated rings. The van der Waals surface area contributed by atoms with Gasteiger partial charge in [0.25, 0.3) is 0 Å². The summed E-state index contributed by atoms with van der Waals surface area (Å²) in [4.78, 5) is 20.9. The predicted molar refractivity (Wildman–Crippen MR) is 88.0 cm³/mol. The lowest BCUT2D eigenvalue weighted by Crippen LogP contribution is -2.06. The van der Waals surface area contributed by atoms with E-state index in [4.69, 9.17) is 9.78 Å². The number of carbonyl (C=O) groups is 1. The maximum Gasteiger partial charge on any atom is 0.342 e. The Balaban J connectivity index is 3.06. The summed E-state index contributed by atoms with van der Waals surface area (Å²) in [5.74, 6) is -0.226. The number of hydrogen-bond donors (Lipinski definition) is 0. The molecular weight excluding hydrogens is 264 g/mol. The van der Waals surface area contributed by atoms with Crippen molar-refractivity contribution >= 4 is 5.97 Å². The highest BCUT2D eigenvalue weighted by molar-refractivity contribution is 5.68. The minimum Gasteiger partial charge on any atom is -0.298 e. The second-order valence-corrected chi connectivity index (χ2v) is 5.92. The van der Waals surface area contributed by atoms with Crippen molar-refractivity contribution in [3.8, 4) is 0 Å². The van der Waals surface area contributed by atoms with Crippen molar-refractivity contribution in [2.24, 2.45) is 0 Å². The van der Waals surface area contributed by atoms with Crippen molar-refractivity contribution in [1.82, 2.24) is 0 Å². The number of carbonyl (C=O) groups excluding carboxylic acids is 1. The molecule has 0 amide bonds. The third kappa shape index (κ3) is 17.4. The SMILES string of the molecule is CCCCCCCCCCCCOOC(=O)CCCCC. The second-order valence-electron chi connectivity index (χ2n) is 5.92. The van der Waals surface area contributed by atoms with Crippen molar-refractivity contribution in [2.45, 2.75) is 104 Å². The molecule has 0 saturated carbocycles. The summed E-state index contributed by atoms with van der Waals surface area (Å²) in [5.41, 5.74) is 0. The average molecular weight is 300 g/mol. The van der Waals surface area contributed by atoms with Gasteiger partial charge in [0.1, 0.15) is 0 Å². The van der Waals surface area contributed by atoms with Crippen LogP contribution in [0, 0.1) is 0 Å². The third-order valence-electron chi connectivity index (χ3n) is 3.72. The molecule has 0 heterocycles. The van der Waals surface area contributed by atoms with Gasteiger partial charge in [-0.1, -0.05) is 84.5 Å². The van der Waals surface area contributed by atoms with E-state index in [0.717, 1.165) is 25.7 Å². The molecule has 21 heavy (non-hydrogen) atoms. The van der Waals surface area contributed by atoms with Crippen LogP contribution in [0.5, 0.6) is 0 Å². The Labute approximate surface area is 131 Å². The van der Waals surface area contributed by atoms with Crippen molar-refractivity contribution in [3.63, 3.8) is 0 Å². The molecular formula is C18H36O3. The zero-order valence-electron chi connectivity index (χ0n) is 14.3. The van der Waals surface area contributed by atoms with Gasteiger partial charge in [-0.05, 0) is 12.8 Å². The lowest BCUT2D eigenvalue weighted by Gasteiger charge is -2.04. The van der Waals surface area contributed by atoms with Crippen LogP contribution in [-0.2, 0) is 14.6 Å². The molecule has 0 aromatic carbocycles. The molecule has 126 valence electrons. The first-order chi connectivity index (χ1) is 10.3. The van der Waals surface area contributed by atoms with E-state index in [1.54, 1.807) is 0 Å². The lowest BCUT2D eigenvalue weighted by atomic mass is 10.1. The van der Waals surface area contributed by atoms with E-state index < -0.39 is 0 Å². The highest BCUT2D eigenvalue weighted by Gasteiger charge is 2.03. The Morgan fingerprint density at radius 2 is 1.14 bits per heavy atom. The van der Waals surface area contributed by atoms with Gasteiger partial charge in [0, 0.05) is 6.42 Å². The minimum absolute atomic E-state index is 0.226. The molecule has 0 bridgehead atoms. The fourth-order valence-electron chi connectivity index (χ4n) is 2.32. The normalized spacial score (nSPS) is 10.8. The van der Waals surface area contributed by atoms with Crippen LogP contribution in [0.3, 0.4) is 0 Å². The summed E-state index contributed by atoms with van der Waals surface area (Å²) in [6.07, 6.45) is 16.5. The van der Waals surface area contributed by atoms with Crippen LogP contribution in [0.25, 0.3) is 0 Å². The van der Waals surface area contributed by atoms with E-state index in [0.29, 0.717) is 13.0 Å². The fourth-order valence-corrected chi connectivity index (χ4v) is 2.32. The van der Waals surface area contributed by atoms with Crippen LogP contribution in [0.1, 0.15) is 104 Å². The zero-order chi connectivity index (χ0) is 15.6. The smallest absolute Gasteiger partial charge is 0.298 e. The molecule has 0 unspecified atom stereocenters. The Bertz CT molecular complexity index is 217. The van der Waals surface area contributed by atoms with E-state index in [1.165, 1.54) is 57.8 Å². The van der Waals surface area contributed by atoms with Crippen LogP contribution >= 0.6 is 0 Å². The topological polar surface area (TPSA) is 35.5 Å². The highest BCUT2D eigenvalue weighted by Crippen LogP contribution is 2.10. The summed E-state index contributed by atoms with van der Waals surface area (Å²) in [6.45, 7) is 4.91. The van der Waals surface area contributed by atoms with Crippen LogP contribution < -0.4 is 0 Å². The van der Waals surface area contributed by atoms with Gasteiger partial charge in [0.05, 0.1) is 6.61 Å². The van der Waals surface area contributed by atoms with E-state index in [1.807, 2.05) is 0 Å². The van der Waals surface area contributed by atoms with E-state index >= 15 is 0 Å². The summed E-state index contributed by atoms with van der Waals surface area (Å²) in [5, 5.41) is 0. The maximum atomic E-state index is 11.3. The van der Waals surface area contributed by atoms with Gasteiger partial charge < -0.3 is 0 Å². The maximum absolute atomic E-state index is 11.3. The molecule has 0 aliphatic carbocycles. The number of hydrogen-bond acceptors (Lipinski definition) is 3. The Morgan fingerprint density at radius 1 is 0.667 bits per heavy atom. The number of unbranched alkanes of at least 4 members (excludes halogenated alkanes) is 11. The van der Waals surface area contributed by atoms with Crippen LogP contribution in [0.2, 0.25) is 0 Å². The van der Waals surface area contributed by atoms with E-state index in [-0.39, 0.29) is 5.97 Å². The monoisotopic (exact) mass is 300 g/mol. The zero-order valence-corrected chi connectivity index (χ0v) is 14.3. The Kier molecular flexibility index (Phi) is 17.0. The minimum atomic E-state index is -0.226. The molecule has 0 atom stereocenters. The summed E-state index contributed by atoms with van der Waals surface area (Å²) >= 11 is 0. The molecule has 0 rings (SSSR count). The average Bonchev–Trinajstić information content (AvgIpc) is 2.48. The highest BCUT2D eigenvalue weighted by atomic mass is 17.2. The van der Waals surface area contributed by atoms with Crippen molar-refractivity contribution in [2.75, 3.05) is 6.61 Å². The van der Waals surface area contributed by atoms with E-state index in [2.05, 4.69) is 13.8 Å². The van der Waals surface area contributed by atoms with Gasteiger partial charge in [-0.15, -0.1) is 0 Å². The predicted octanol–water partition coefficient (Wildman–Crippen LogP) is 5.96. The molecule has 0 spiro atoms. The molecule has 0 aromatic rings. The standard InChI is InChI=1S/C18H36O3/c1-3-5-7-8-9-10-11-12-13-15-17-20-21-18(19)16-14-6-4-2/h3-17H2,1-2H3. The van der Waals surface area contributed by atoms with Gasteiger partial charge in [0.15, 0.2) is 0 Å². The van der Waals surface area contributed by atoms with Crippen molar-refractivity contribution < 1.29 is 14.6 Å². The molecule has 0 aromatic heterocycles. The van der Waals surface area contributed by atoms with Gasteiger partial charge >= 0.3 is 5.97 Å². The van der Waals surface area contributed by atoms with Gasteiger partial charge in [0.2, 0.25) is 0 Å². The number of rotatable bonds is 16. The molecule has 0 radical (unpaired) electrons. The molecule has 0 N–H and O–H groups in total. The largest absolute Gasteiger partial charge is 0.342 e. The quantitative estimate of drug-likeness (QED) is 0.200. The fraction of sp³-hybridized carbons (Fsp3) is 0.944.